The predicted octanol–water partition coefficient (Wildman–Crippen LogP) is 0.214. The summed E-state index contributed by atoms with van der Waals surface area (Å²) in [5.74, 6) is 0. The highest BCUT2D eigenvalue weighted by Crippen LogP contribution is 2.26. The molecule has 1 aromatic heterocycles. The third-order valence-corrected chi connectivity index (χ3v) is 3.10. The summed E-state index contributed by atoms with van der Waals surface area (Å²) in [5, 5.41) is 9.04. The second-order valence-electron chi connectivity index (χ2n) is 4.48. The molecule has 0 aliphatic carbocycles. The van der Waals surface area contributed by atoms with Gasteiger partial charge in [0.25, 0.3) is 5.56 Å². The number of hydrogen-bond donors (Lipinski definition) is 2. The summed E-state index contributed by atoms with van der Waals surface area (Å²) in [5.41, 5.74) is -0.680. The maximum atomic E-state index is 11.8. The third-order valence-electron chi connectivity index (χ3n) is 3.10. The number of nitrogens with zero attached hydrogens (tertiary/aromatic N) is 1. The van der Waals surface area contributed by atoms with Gasteiger partial charge in [0, 0.05) is 6.20 Å². The Balaban J connectivity index is 2.27. The molecule has 0 saturated carbocycles. The monoisotopic (exact) mass is 282 g/mol. The number of aliphatic hydroxyl groups excluding tert-OH is 1. The first-order valence-corrected chi connectivity index (χ1v) is 6.55. The number of nitrogens with one attached hydrogen (secondary N) is 1. The minimum absolute atomic E-state index is 0.0777. The molecular weight excluding hydrogens is 264 g/mol. The molecule has 110 valence electrons. The van der Waals surface area contributed by atoms with Crippen molar-refractivity contribution in [3.05, 3.63) is 38.9 Å². The molecule has 1 aliphatic heterocycles. The smallest absolute Gasteiger partial charge is 0.330 e. The Morgan fingerprint density at radius 3 is 3.00 bits per heavy atom. The van der Waals surface area contributed by atoms with Crippen molar-refractivity contribution in [2.24, 2.45) is 0 Å². The lowest BCUT2D eigenvalue weighted by atomic mass is 10.2. The summed E-state index contributed by atoms with van der Waals surface area (Å²) in [4.78, 5) is 25.7. The zero-order chi connectivity index (χ0) is 14.5. The van der Waals surface area contributed by atoms with Crippen molar-refractivity contribution < 1.29 is 14.6 Å². The Hall–Kier alpha value is -1.86. The van der Waals surface area contributed by atoms with E-state index in [1.807, 2.05) is 6.92 Å². The number of aromatic nitrogens is 2. The van der Waals surface area contributed by atoms with Crippen molar-refractivity contribution in [3.63, 3.8) is 0 Å². The Morgan fingerprint density at radius 2 is 2.35 bits per heavy atom. The first-order valence-electron chi connectivity index (χ1n) is 6.55. The molecule has 1 fully saturated rings. The molecule has 1 saturated heterocycles. The van der Waals surface area contributed by atoms with Gasteiger partial charge < -0.3 is 14.6 Å². The van der Waals surface area contributed by atoms with Crippen LogP contribution in [0.25, 0.3) is 6.08 Å². The van der Waals surface area contributed by atoms with Crippen LogP contribution < -0.4 is 11.2 Å². The van der Waals surface area contributed by atoms with Gasteiger partial charge in [0.05, 0.1) is 31.1 Å². The third kappa shape index (κ3) is 3.17. The molecule has 0 radical (unpaired) electrons. The van der Waals surface area contributed by atoms with E-state index < -0.39 is 17.5 Å². The fourth-order valence-electron chi connectivity index (χ4n) is 2.08. The van der Waals surface area contributed by atoms with Gasteiger partial charge in [0.15, 0.2) is 0 Å². The fraction of sp³-hybridized carbons (Fsp3) is 0.538. The molecule has 1 aromatic rings. The summed E-state index contributed by atoms with van der Waals surface area (Å²) in [6.07, 6.45) is 4.92. The van der Waals surface area contributed by atoms with Crippen LogP contribution in [0.4, 0.5) is 0 Å². The van der Waals surface area contributed by atoms with Crippen molar-refractivity contribution in [2.75, 3.05) is 13.2 Å². The Kier molecular flexibility index (Phi) is 4.75. The molecule has 7 heteroatoms. The zero-order valence-corrected chi connectivity index (χ0v) is 11.2. The molecule has 20 heavy (non-hydrogen) atoms. The number of hydrogen-bond acceptors (Lipinski definition) is 5. The molecule has 2 rings (SSSR count). The topological polar surface area (TPSA) is 93.6 Å². The van der Waals surface area contributed by atoms with Gasteiger partial charge in [-0.15, -0.1) is 0 Å². The van der Waals surface area contributed by atoms with Gasteiger partial charge in [-0.05, 0) is 25.8 Å². The van der Waals surface area contributed by atoms with Crippen LogP contribution in [0.15, 0.2) is 22.0 Å². The van der Waals surface area contributed by atoms with Gasteiger partial charge in [-0.25, -0.2) is 4.79 Å². The molecule has 0 spiro atoms. The molecule has 0 aromatic carbocycles. The normalized spacial score (nSPS) is 22.5. The van der Waals surface area contributed by atoms with Gasteiger partial charge >= 0.3 is 5.69 Å². The van der Waals surface area contributed by atoms with E-state index in [-0.39, 0.29) is 12.7 Å². The highest BCUT2D eigenvalue weighted by Gasteiger charge is 2.26. The summed E-state index contributed by atoms with van der Waals surface area (Å²) in [7, 11) is 0. The first-order chi connectivity index (χ1) is 9.65. The van der Waals surface area contributed by atoms with Crippen LogP contribution in [0, 0.1) is 0 Å². The van der Waals surface area contributed by atoms with Crippen LogP contribution in [0.1, 0.15) is 31.6 Å². The number of rotatable bonds is 5. The minimum atomic E-state index is -0.521. The highest BCUT2D eigenvalue weighted by atomic mass is 16.5. The first kappa shape index (κ1) is 14.5. The lowest BCUT2D eigenvalue weighted by molar-refractivity contribution is -0.0246. The number of ether oxygens (including phenoxy) is 2. The van der Waals surface area contributed by atoms with Crippen LogP contribution in [-0.4, -0.2) is 34.0 Å². The second kappa shape index (κ2) is 6.53. The molecule has 1 aliphatic rings. The molecular formula is C13H18N2O5. The van der Waals surface area contributed by atoms with Gasteiger partial charge in [0.2, 0.25) is 0 Å². The van der Waals surface area contributed by atoms with Crippen LogP contribution in [-0.2, 0) is 9.47 Å². The quantitative estimate of drug-likeness (QED) is 0.753. The molecule has 0 amide bonds. The lowest BCUT2D eigenvalue weighted by Crippen LogP contribution is -2.33. The van der Waals surface area contributed by atoms with E-state index in [4.69, 9.17) is 14.6 Å². The molecule has 0 bridgehead atoms. The summed E-state index contributed by atoms with van der Waals surface area (Å²) in [6.45, 7) is 2.25. The number of H-pyrrole nitrogens is 1. The van der Waals surface area contributed by atoms with Crippen LogP contribution in [0.5, 0.6) is 0 Å². The van der Waals surface area contributed by atoms with Crippen molar-refractivity contribution in [2.45, 2.75) is 32.1 Å². The number of aliphatic hydroxyl groups is 1. The highest BCUT2D eigenvalue weighted by molar-refractivity contribution is 5.44. The number of aromatic amines is 1. The summed E-state index contributed by atoms with van der Waals surface area (Å²) < 4.78 is 11.9. The zero-order valence-electron chi connectivity index (χ0n) is 11.2. The average Bonchev–Trinajstić information content (AvgIpc) is 2.90. The maximum Gasteiger partial charge on any atom is 0.330 e. The second-order valence-corrected chi connectivity index (χ2v) is 4.48. The van der Waals surface area contributed by atoms with E-state index >= 15 is 0 Å². The summed E-state index contributed by atoms with van der Waals surface area (Å²) >= 11 is 0. The van der Waals surface area contributed by atoms with Gasteiger partial charge in [-0.3, -0.25) is 14.3 Å². The Morgan fingerprint density at radius 1 is 1.55 bits per heavy atom. The van der Waals surface area contributed by atoms with Gasteiger partial charge in [0.1, 0.15) is 6.23 Å². The van der Waals surface area contributed by atoms with Gasteiger partial charge in [-0.1, -0.05) is 0 Å². The SMILES string of the molecule is CCO/C=C/c1cn([C@H]2CC[C@@H](CO)O2)c(=O)[nH]c1=O. The molecule has 0 unspecified atom stereocenters. The Labute approximate surface area is 115 Å². The molecule has 2 N–H and O–H groups in total. The molecule has 7 nitrogen and oxygen atoms in total. The van der Waals surface area contributed by atoms with Crippen molar-refractivity contribution in [3.8, 4) is 0 Å². The van der Waals surface area contributed by atoms with E-state index in [0.717, 1.165) is 0 Å². The van der Waals surface area contributed by atoms with E-state index in [2.05, 4.69) is 4.98 Å². The van der Waals surface area contributed by atoms with E-state index in [0.29, 0.717) is 25.0 Å². The fourth-order valence-corrected chi connectivity index (χ4v) is 2.08. The summed E-state index contributed by atoms with van der Waals surface area (Å²) in [6, 6.07) is 0. The minimum Gasteiger partial charge on any atom is -0.501 e. The maximum absolute atomic E-state index is 11.8. The lowest BCUT2D eigenvalue weighted by Gasteiger charge is -2.15. The van der Waals surface area contributed by atoms with E-state index in [1.165, 1.54) is 23.1 Å². The largest absolute Gasteiger partial charge is 0.501 e. The van der Waals surface area contributed by atoms with Crippen LogP contribution in [0.2, 0.25) is 0 Å². The van der Waals surface area contributed by atoms with Crippen molar-refractivity contribution in [1.82, 2.24) is 9.55 Å². The van der Waals surface area contributed by atoms with E-state index in [1.54, 1.807) is 0 Å². The average molecular weight is 282 g/mol. The Bertz CT molecular complexity index is 589. The standard InChI is InChI=1S/C13H18N2O5/c1-2-19-6-5-9-7-15(13(18)14-12(9)17)11-4-3-10(8-16)20-11/h5-7,10-11,16H,2-4,8H2,1H3,(H,14,17,18)/b6-5+/t10-,11+/m0/s1. The van der Waals surface area contributed by atoms with Gasteiger partial charge in [-0.2, -0.15) is 0 Å². The van der Waals surface area contributed by atoms with Crippen molar-refractivity contribution >= 4 is 6.08 Å². The van der Waals surface area contributed by atoms with Crippen LogP contribution >= 0.6 is 0 Å². The van der Waals surface area contributed by atoms with Crippen LogP contribution in [0.3, 0.4) is 0 Å². The molecule has 2 atom stereocenters. The molecule has 2 heterocycles. The van der Waals surface area contributed by atoms with Crippen molar-refractivity contribution in [1.29, 1.82) is 0 Å². The van der Waals surface area contributed by atoms with E-state index in [9.17, 15) is 9.59 Å². The predicted molar refractivity (Wildman–Crippen MR) is 72.2 cm³/mol.